The summed E-state index contributed by atoms with van der Waals surface area (Å²) in [6.45, 7) is 7.91. The van der Waals surface area contributed by atoms with E-state index in [-0.39, 0.29) is 6.04 Å². The molecule has 1 aliphatic rings. The number of aromatic nitrogens is 1. The maximum atomic E-state index is 5.81. The van der Waals surface area contributed by atoms with Gasteiger partial charge in [-0.05, 0) is 39.4 Å². The average molecular weight is 253 g/mol. The van der Waals surface area contributed by atoms with Crippen molar-refractivity contribution in [1.29, 1.82) is 0 Å². The number of hydrogen-bond donors (Lipinski definition) is 1. The summed E-state index contributed by atoms with van der Waals surface area (Å²) in [5, 5.41) is 3.52. The van der Waals surface area contributed by atoms with Crippen LogP contribution in [-0.2, 0) is 6.42 Å². The molecule has 2 heterocycles. The molecule has 0 amide bonds. The van der Waals surface area contributed by atoms with Crippen molar-refractivity contribution in [3.8, 4) is 0 Å². The number of nitrogens with zero attached hydrogens (tertiary/aromatic N) is 2. The first kappa shape index (κ1) is 13.0. The normalized spacial score (nSPS) is 20.6. The Kier molecular flexibility index (Phi) is 4.54. The second-order valence-electron chi connectivity index (χ2n) is 5.07. The molecule has 3 nitrogen and oxygen atoms in total. The fourth-order valence-corrected chi connectivity index (χ4v) is 3.43. The van der Waals surface area contributed by atoms with Crippen LogP contribution in [0.3, 0.4) is 0 Å². The van der Waals surface area contributed by atoms with Crippen LogP contribution in [0.25, 0.3) is 0 Å². The van der Waals surface area contributed by atoms with Crippen molar-refractivity contribution in [2.45, 2.75) is 45.1 Å². The molecule has 0 radical (unpaired) electrons. The minimum absolute atomic E-state index is 0.215. The first-order chi connectivity index (χ1) is 8.19. The Morgan fingerprint density at radius 2 is 2.24 bits per heavy atom. The van der Waals surface area contributed by atoms with E-state index >= 15 is 0 Å². The second kappa shape index (κ2) is 5.94. The number of likely N-dealkylation sites (tertiary alicyclic amines) is 1. The monoisotopic (exact) mass is 253 g/mol. The number of piperidine rings is 1. The van der Waals surface area contributed by atoms with E-state index in [1.807, 2.05) is 18.3 Å². The predicted molar refractivity (Wildman–Crippen MR) is 73.6 cm³/mol. The molecule has 1 fully saturated rings. The van der Waals surface area contributed by atoms with Crippen LogP contribution >= 0.6 is 11.3 Å². The highest BCUT2D eigenvalue weighted by molar-refractivity contribution is 7.09. The van der Waals surface area contributed by atoms with Gasteiger partial charge in [0.15, 0.2) is 0 Å². The van der Waals surface area contributed by atoms with Gasteiger partial charge in [0.25, 0.3) is 0 Å². The van der Waals surface area contributed by atoms with Crippen LogP contribution in [-0.4, -0.2) is 35.6 Å². The lowest BCUT2D eigenvalue weighted by molar-refractivity contribution is 0.222. The molecule has 1 unspecified atom stereocenters. The third-order valence-electron chi connectivity index (χ3n) is 3.48. The molecule has 1 aliphatic heterocycles. The molecule has 1 aromatic heterocycles. The van der Waals surface area contributed by atoms with Gasteiger partial charge in [0.1, 0.15) is 0 Å². The van der Waals surface area contributed by atoms with Crippen LogP contribution in [0.5, 0.6) is 0 Å². The quantitative estimate of drug-likeness (QED) is 0.895. The molecule has 2 rings (SSSR count). The zero-order valence-corrected chi connectivity index (χ0v) is 11.7. The Morgan fingerprint density at radius 3 is 2.82 bits per heavy atom. The summed E-state index contributed by atoms with van der Waals surface area (Å²) < 4.78 is 0. The lowest BCUT2D eigenvalue weighted by Gasteiger charge is -2.29. The van der Waals surface area contributed by atoms with Crippen LogP contribution in [0.2, 0.25) is 0 Å². The van der Waals surface area contributed by atoms with E-state index in [1.54, 1.807) is 0 Å². The highest BCUT2D eigenvalue weighted by atomic mass is 32.1. The summed E-state index contributed by atoms with van der Waals surface area (Å²) in [4.78, 5) is 7.27. The molecule has 2 N–H and O–H groups in total. The van der Waals surface area contributed by atoms with E-state index in [0.717, 1.165) is 6.42 Å². The molecule has 0 aliphatic carbocycles. The molecular weight excluding hydrogens is 230 g/mol. The van der Waals surface area contributed by atoms with E-state index in [0.29, 0.717) is 5.92 Å². The molecule has 4 heteroatoms. The smallest absolute Gasteiger partial charge is 0.0960 e. The van der Waals surface area contributed by atoms with Gasteiger partial charge in [-0.2, -0.15) is 0 Å². The zero-order chi connectivity index (χ0) is 12.3. The van der Waals surface area contributed by atoms with Crippen molar-refractivity contribution in [3.63, 3.8) is 0 Å². The lowest BCUT2D eigenvalue weighted by atomic mass is 9.97. The van der Waals surface area contributed by atoms with Gasteiger partial charge in [-0.25, -0.2) is 4.98 Å². The Hall–Kier alpha value is -0.450. The average Bonchev–Trinajstić information content (AvgIpc) is 2.77. The fraction of sp³-hybridized carbons (Fsp3) is 0.769. The highest BCUT2D eigenvalue weighted by Crippen LogP contribution is 2.30. The van der Waals surface area contributed by atoms with Crippen molar-refractivity contribution in [2.24, 2.45) is 5.73 Å². The molecule has 0 saturated carbocycles. The van der Waals surface area contributed by atoms with Gasteiger partial charge in [0.05, 0.1) is 10.7 Å². The Balaban J connectivity index is 1.92. The van der Waals surface area contributed by atoms with Crippen LogP contribution in [0.15, 0.2) is 5.38 Å². The first-order valence-corrected chi connectivity index (χ1v) is 7.49. The summed E-state index contributed by atoms with van der Waals surface area (Å²) >= 11 is 1.82. The topological polar surface area (TPSA) is 42.2 Å². The minimum atomic E-state index is 0.215. The van der Waals surface area contributed by atoms with E-state index < -0.39 is 0 Å². The summed E-state index contributed by atoms with van der Waals surface area (Å²) in [5.74, 6) is 0.685. The van der Waals surface area contributed by atoms with Crippen molar-refractivity contribution in [1.82, 2.24) is 9.88 Å². The fourth-order valence-electron chi connectivity index (χ4n) is 2.43. The van der Waals surface area contributed by atoms with Crippen LogP contribution in [0.4, 0.5) is 0 Å². The summed E-state index contributed by atoms with van der Waals surface area (Å²) in [7, 11) is 0. The molecule has 1 atom stereocenters. The summed E-state index contributed by atoms with van der Waals surface area (Å²) in [6.07, 6.45) is 3.43. The molecule has 0 spiro atoms. The van der Waals surface area contributed by atoms with Gasteiger partial charge in [0, 0.05) is 23.8 Å². The maximum absolute atomic E-state index is 5.81. The Morgan fingerprint density at radius 1 is 1.53 bits per heavy atom. The Bertz CT molecular complexity index is 340. The third kappa shape index (κ3) is 3.50. The van der Waals surface area contributed by atoms with E-state index in [9.17, 15) is 0 Å². The van der Waals surface area contributed by atoms with Crippen LogP contribution in [0, 0.1) is 0 Å². The minimum Gasteiger partial charge on any atom is -0.328 e. The predicted octanol–water partition coefficient (Wildman–Crippen LogP) is 2.23. The molecule has 0 bridgehead atoms. The van der Waals surface area contributed by atoms with Gasteiger partial charge in [-0.1, -0.05) is 6.92 Å². The number of nitrogens with two attached hydrogens (primary N) is 1. The number of hydrogen-bond acceptors (Lipinski definition) is 4. The van der Waals surface area contributed by atoms with Crippen molar-refractivity contribution < 1.29 is 0 Å². The van der Waals surface area contributed by atoms with Crippen molar-refractivity contribution in [3.05, 3.63) is 16.1 Å². The van der Waals surface area contributed by atoms with E-state index in [4.69, 9.17) is 10.7 Å². The number of rotatable bonds is 4. The van der Waals surface area contributed by atoms with Crippen LogP contribution < -0.4 is 5.73 Å². The van der Waals surface area contributed by atoms with Crippen molar-refractivity contribution in [2.75, 3.05) is 19.6 Å². The molecule has 96 valence electrons. The SMILES string of the molecule is CCN1CCC(c2nc(CC(C)N)cs2)CC1. The third-order valence-corrected chi connectivity index (χ3v) is 4.54. The molecular formula is C13H23N3S. The number of thiazole rings is 1. The molecule has 0 aromatic carbocycles. The molecule has 1 saturated heterocycles. The zero-order valence-electron chi connectivity index (χ0n) is 10.9. The molecule has 1 aromatic rings. The molecule has 17 heavy (non-hydrogen) atoms. The lowest BCUT2D eigenvalue weighted by Crippen LogP contribution is -2.32. The van der Waals surface area contributed by atoms with Gasteiger partial charge in [0.2, 0.25) is 0 Å². The first-order valence-electron chi connectivity index (χ1n) is 6.61. The second-order valence-corrected chi connectivity index (χ2v) is 5.96. The Labute approximate surface area is 108 Å². The standard InChI is InChI=1S/C13H23N3S/c1-3-16-6-4-11(5-7-16)13-15-12(9-17-13)8-10(2)14/h9-11H,3-8,14H2,1-2H3. The largest absolute Gasteiger partial charge is 0.328 e. The van der Waals surface area contributed by atoms with E-state index in [2.05, 4.69) is 17.2 Å². The summed E-state index contributed by atoms with van der Waals surface area (Å²) in [6, 6.07) is 0.215. The maximum Gasteiger partial charge on any atom is 0.0960 e. The van der Waals surface area contributed by atoms with Crippen molar-refractivity contribution >= 4 is 11.3 Å². The van der Waals surface area contributed by atoms with Crippen LogP contribution in [0.1, 0.15) is 43.3 Å². The van der Waals surface area contributed by atoms with Gasteiger partial charge >= 0.3 is 0 Å². The van der Waals surface area contributed by atoms with Gasteiger partial charge < -0.3 is 10.6 Å². The van der Waals surface area contributed by atoms with Gasteiger partial charge in [-0.3, -0.25) is 0 Å². The van der Waals surface area contributed by atoms with Gasteiger partial charge in [-0.15, -0.1) is 11.3 Å². The highest BCUT2D eigenvalue weighted by Gasteiger charge is 2.22. The summed E-state index contributed by atoms with van der Waals surface area (Å²) in [5.41, 5.74) is 6.98. The van der Waals surface area contributed by atoms with E-state index in [1.165, 1.54) is 43.2 Å².